The lowest BCUT2D eigenvalue weighted by Crippen LogP contribution is -2.43. The summed E-state index contributed by atoms with van der Waals surface area (Å²) in [6, 6.07) is 81.7. The van der Waals surface area contributed by atoms with Crippen LogP contribution >= 0.6 is 34.8 Å². The molecule has 3 fully saturated rings. The van der Waals surface area contributed by atoms with Gasteiger partial charge in [0.15, 0.2) is 33.7 Å². The minimum atomic E-state index is -2.06. The van der Waals surface area contributed by atoms with Crippen molar-refractivity contribution < 1.29 is 47.7 Å². The molecule has 0 unspecified atom stereocenters. The Hall–Kier alpha value is -11.4. The quantitative estimate of drug-likeness (QED) is 0.0156. The van der Waals surface area contributed by atoms with Crippen molar-refractivity contribution in [1.29, 1.82) is 0 Å². The number of hydrogen-bond acceptors (Lipinski definition) is 16. The van der Waals surface area contributed by atoms with Gasteiger partial charge in [0, 0.05) is 96.5 Å². The van der Waals surface area contributed by atoms with Crippen LogP contribution in [-0.4, -0.2) is 124 Å². The van der Waals surface area contributed by atoms with Gasteiger partial charge in [-0.15, -0.1) is 0 Å². The number of halogens is 3. The maximum Gasteiger partial charge on any atom is 0.358 e. The fraction of sp³-hybridized carbons (Fsp3) is 0.378. The number of aliphatic hydroxyl groups is 1. The maximum absolute atomic E-state index is 14.6. The van der Waals surface area contributed by atoms with Crippen LogP contribution < -0.4 is 36.2 Å². The summed E-state index contributed by atoms with van der Waals surface area (Å²) in [6.07, 6.45) is 13.5. The van der Waals surface area contributed by atoms with Crippen LogP contribution in [-0.2, 0) is 83.8 Å². The van der Waals surface area contributed by atoms with Gasteiger partial charge in [0.25, 0.3) is 28.5 Å². The number of aromatic nitrogens is 6. The molecule has 3 saturated carbocycles. The number of nitrogens with one attached hydrogen (secondary N) is 4. The number of carboxylic acids is 1. The third kappa shape index (κ3) is 29.4. The third-order valence-electron chi connectivity index (χ3n) is 27.4. The Bertz CT molecular complexity index is 6080. The fourth-order valence-corrected chi connectivity index (χ4v) is 20.1. The van der Waals surface area contributed by atoms with Crippen molar-refractivity contribution in [3.05, 3.63) is 386 Å². The minimum absolute atomic E-state index is 0.0252. The van der Waals surface area contributed by atoms with Crippen LogP contribution in [0.2, 0.25) is 51.3 Å². The smallest absolute Gasteiger partial charge is 0.358 e. The molecular formula is C111H132Cl3N9O13Si2. The van der Waals surface area contributed by atoms with Gasteiger partial charge in [0.1, 0.15) is 37.3 Å². The van der Waals surface area contributed by atoms with Crippen LogP contribution in [0.15, 0.2) is 269 Å². The lowest BCUT2D eigenvalue weighted by Gasteiger charge is -2.37. The van der Waals surface area contributed by atoms with Crippen LogP contribution in [0, 0.1) is 0 Å². The van der Waals surface area contributed by atoms with Gasteiger partial charge in [-0.2, -0.15) is 0 Å². The molecule has 0 bridgehead atoms. The molecule has 15 rings (SSSR count). The molecule has 0 saturated heterocycles. The number of ether oxygens (including phenoxy) is 3. The van der Waals surface area contributed by atoms with E-state index in [1.54, 1.807) is 4.90 Å². The van der Waals surface area contributed by atoms with E-state index in [1.165, 1.54) is 10.5 Å². The second-order valence-electron chi connectivity index (χ2n) is 39.2. The maximum atomic E-state index is 14.6. The van der Waals surface area contributed by atoms with Crippen LogP contribution in [0.1, 0.15) is 218 Å². The van der Waals surface area contributed by atoms with E-state index < -0.39 is 45.2 Å². The van der Waals surface area contributed by atoms with E-state index in [0.717, 1.165) is 141 Å². The van der Waals surface area contributed by atoms with Crippen LogP contribution in [0.3, 0.4) is 0 Å². The number of carbonyl (C=O) groups excluding carboxylic acids is 2. The van der Waals surface area contributed by atoms with Gasteiger partial charge < -0.3 is 63.3 Å². The molecular weight excluding hydrogens is 1830 g/mol. The molecule has 6 N–H and O–H groups in total. The van der Waals surface area contributed by atoms with Crippen molar-refractivity contribution in [3.63, 3.8) is 0 Å². The molecule has 728 valence electrons. The zero-order valence-corrected chi connectivity index (χ0v) is 85.4. The van der Waals surface area contributed by atoms with Crippen LogP contribution in [0.4, 0.5) is 0 Å². The molecule has 3 aliphatic rings. The highest BCUT2D eigenvalue weighted by Crippen LogP contribution is 2.47. The highest BCUT2D eigenvalue weighted by Gasteiger charge is 2.43. The molecule has 3 aromatic heterocycles. The Kier molecular flexibility index (Phi) is 37.8. The van der Waals surface area contributed by atoms with Gasteiger partial charge in [-0.25, -0.2) is 19.7 Å². The minimum Gasteiger partial charge on any atom is -0.481 e. The first-order valence-electron chi connectivity index (χ1n) is 47.8. The number of carboxylic acid groups (broad SMARTS) is 1. The van der Waals surface area contributed by atoms with Crippen molar-refractivity contribution in [2.24, 2.45) is 0 Å². The van der Waals surface area contributed by atoms with Crippen molar-refractivity contribution in [2.75, 3.05) is 39.5 Å². The largest absolute Gasteiger partial charge is 0.481 e. The van der Waals surface area contributed by atoms with E-state index in [9.17, 15) is 39.0 Å². The molecule has 3 aliphatic carbocycles. The number of aliphatic hydroxyl groups excluding tert-OH is 1. The molecule has 0 aliphatic heterocycles. The lowest BCUT2D eigenvalue weighted by molar-refractivity contribution is 0.0678. The molecule has 2 amide bonds. The number of benzene rings is 9. The second kappa shape index (κ2) is 49.4. The Morgan fingerprint density at radius 1 is 0.391 bits per heavy atom. The van der Waals surface area contributed by atoms with Gasteiger partial charge in [0.05, 0.1) is 13.2 Å². The number of hydrogen-bond donors (Lipinski definition) is 6. The predicted octanol–water partition coefficient (Wildman–Crippen LogP) is 23.0. The summed E-state index contributed by atoms with van der Waals surface area (Å²) < 4.78 is 30.3. The summed E-state index contributed by atoms with van der Waals surface area (Å²) in [5.41, 5.74) is 6.64. The molecule has 27 heteroatoms. The number of aromatic amines is 3. The second-order valence-corrected chi connectivity index (χ2v) is 50.2. The van der Waals surface area contributed by atoms with Gasteiger partial charge >= 0.3 is 5.97 Å². The number of rotatable bonds is 37. The molecule has 0 spiro atoms. The lowest BCUT2D eigenvalue weighted by atomic mass is 9.76. The van der Waals surface area contributed by atoms with Gasteiger partial charge in [-0.1, -0.05) is 333 Å². The van der Waals surface area contributed by atoms with Crippen molar-refractivity contribution in [3.8, 4) is 17.2 Å². The summed E-state index contributed by atoms with van der Waals surface area (Å²) in [5.74, 6) is -1.31. The molecule has 0 atom stereocenters. The summed E-state index contributed by atoms with van der Waals surface area (Å²) >= 11 is 18.5. The SMILES string of the molecule is CC(C)(C)[Si](C)(C)OCCN(Cc1ccccc1)C(=O)c1nc(CC2(c3ccc(Cl)cc3)CCCC2)[nH]c(=O)c1OCc1ccccc1.CC(C)(C)[Si](C)(C)OCCNCc1ccccc1.O=C(O)c1nc(CC2(c3ccc(Cl)cc3)CCCC2)[nH]c(=O)c1OCc1ccccc1.O=C(c1nc(CC2(c3ccc(Cl)cc3)CCCC2)[nH]c(=O)c1OCc1ccccc1)N(CCO)Cc1ccccc1. The number of aromatic carboxylic acids is 1. The Morgan fingerprint density at radius 2 is 0.667 bits per heavy atom. The van der Waals surface area contributed by atoms with E-state index >= 15 is 0 Å². The van der Waals surface area contributed by atoms with Gasteiger partial charge in [0.2, 0.25) is 17.2 Å². The Morgan fingerprint density at radius 3 is 0.964 bits per heavy atom. The standard InChI is InChI=1S/C39H48ClN3O4Si.C33H34ClN3O4.C24H23ClN2O4.C15H27NOSi/c1-38(2,3)48(4,5)47-25-24-43(27-29-14-8-6-9-15-29)37(45)34-35(46-28-30-16-10-7-11-17-30)36(44)42-33(41-34)26-39(22-12-13-23-39)31-18-20-32(40)21-19-31;34-27-15-13-26(14-16-27)33(17-7-8-18-33)21-28-35-29(30(31(39)36-28)41-23-25-11-5-2-6-12-25)32(40)37(19-20-38)22-24-9-3-1-4-10-24;25-18-10-8-17(9-11-18)24(12-4-5-13-24)14-19-26-20(23(29)30)21(22(28)27-19)31-15-16-6-2-1-3-7-16;1-15(2,3)18(4,5)17-12-11-16-13-14-9-7-6-8-10-14/h6-11,14-21H,12-13,22-28H2,1-5H3,(H,41,42,44);1-6,9-16,38H,7-8,17-23H2,(H,35,36,39);1-3,6-11H,4-5,12-15H2,(H,29,30)(H,26,27,28);6-10,16H,11-13H2,1-5H3. The molecule has 9 aromatic carbocycles. The summed E-state index contributed by atoms with van der Waals surface area (Å²) in [6.45, 7) is 26.6. The highest BCUT2D eigenvalue weighted by molar-refractivity contribution is 6.74. The van der Waals surface area contributed by atoms with E-state index in [-0.39, 0.29) is 101 Å². The average Bonchev–Trinajstić information content (AvgIpc) is 1.76. The van der Waals surface area contributed by atoms with Crippen LogP contribution in [0.25, 0.3) is 0 Å². The van der Waals surface area contributed by atoms with Gasteiger partial charge in [-0.05, 0) is 161 Å². The summed E-state index contributed by atoms with van der Waals surface area (Å²) in [5, 5.41) is 25.2. The van der Waals surface area contributed by atoms with Crippen molar-refractivity contribution >= 4 is 69.2 Å². The first kappa shape index (κ1) is 105. The van der Waals surface area contributed by atoms with E-state index in [2.05, 4.69) is 129 Å². The zero-order chi connectivity index (χ0) is 98.5. The van der Waals surface area contributed by atoms with E-state index in [4.69, 9.17) is 67.8 Å². The average molecular weight is 1960 g/mol. The predicted molar refractivity (Wildman–Crippen MR) is 554 cm³/mol. The number of nitrogens with zero attached hydrogens (tertiary/aromatic N) is 5. The fourth-order valence-electron chi connectivity index (χ4n) is 17.6. The molecule has 22 nitrogen and oxygen atoms in total. The summed E-state index contributed by atoms with van der Waals surface area (Å²) in [7, 11) is -3.64. The van der Waals surface area contributed by atoms with Crippen molar-refractivity contribution in [2.45, 2.75) is 230 Å². The third-order valence-corrected chi connectivity index (χ3v) is 37.2. The summed E-state index contributed by atoms with van der Waals surface area (Å²) in [4.78, 5) is 107. The van der Waals surface area contributed by atoms with E-state index in [1.807, 2.05) is 218 Å². The molecule has 12 aromatic rings. The molecule has 3 heterocycles. The number of carbonyl (C=O) groups is 3. The van der Waals surface area contributed by atoms with Crippen LogP contribution in [0.5, 0.6) is 17.2 Å². The molecule has 138 heavy (non-hydrogen) atoms. The number of amides is 2. The highest BCUT2D eigenvalue weighted by atomic mass is 35.5. The topological polar surface area (TPSA) is 294 Å². The van der Waals surface area contributed by atoms with E-state index in [0.29, 0.717) is 76.5 Å². The monoisotopic (exact) mass is 1960 g/mol. The normalized spacial score (nSPS) is 14.3. The zero-order valence-electron chi connectivity index (χ0n) is 81.1. The Balaban J connectivity index is 0.000000173. The molecule has 0 radical (unpaired) electrons. The van der Waals surface area contributed by atoms with Crippen molar-refractivity contribution in [1.82, 2.24) is 45.0 Å². The number of H-pyrrole nitrogens is 3. The Labute approximate surface area is 828 Å². The first-order valence-corrected chi connectivity index (χ1v) is 54.8. The first-order chi connectivity index (χ1) is 66.1. The van der Waals surface area contributed by atoms with Gasteiger partial charge in [-0.3, -0.25) is 24.0 Å².